The van der Waals surface area contributed by atoms with Gasteiger partial charge in [-0.3, -0.25) is 19.8 Å². The summed E-state index contributed by atoms with van der Waals surface area (Å²) in [5.74, 6) is 0.116. The van der Waals surface area contributed by atoms with Crippen LogP contribution < -0.4 is 21.5 Å². The van der Waals surface area contributed by atoms with E-state index in [0.29, 0.717) is 54.4 Å². The fourth-order valence-corrected chi connectivity index (χ4v) is 3.50. The molecule has 0 radical (unpaired) electrons. The van der Waals surface area contributed by atoms with E-state index in [2.05, 4.69) is 15.2 Å². The molecule has 2 heterocycles. The first kappa shape index (κ1) is 22.0. The van der Waals surface area contributed by atoms with E-state index in [1.54, 1.807) is 12.1 Å². The standard InChI is InChI=1S/C20H30N6O4/c1-14(27)23-20-24-16-12-15(19(22)28)13-17(18(16)26(20)6-2-4-21)30-9-3-5-25-7-10-29-11-8-25/h12-13H,2-11,21H2,1H3,(H2,22,28)(H,23,24,27). The zero-order chi connectivity index (χ0) is 21.5. The summed E-state index contributed by atoms with van der Waals surface area (Å²) < 4.78 is 13.3. The Hall–Kier alpha value is -2.69. The van der Waals surface area contributed by atoms with Crippen molar-refractivity contribution in [3.05, 3.63) is 17.7 Å². The van der Waals surface area contributed by atoms with Gasteiger partial charge in [0, 0.05) is 38.7 Å². The highest BCUT2D eigenvalue weighted by Gasteiger charge is 2.19. The van der Waals surface area contributed by atoms with E-state index in [1.807, 2.05) is 4.57 Å². The molecule has 1 aliphatic heterocycles. The summed E-state index contributed by atoms with van der Waals surface area (Å²) in [5, 5.41) is 2.74. The van der Waals surface area contributed by atoms with Gasteiger partial charge in [0.25, 0.3) is 0 Å². The van der Waals surface area contributed by atoms with Crippen molar-refractivity contribution < 1.29 is 19.1 Å². The number of nitrogens with two attached hydrogens (primary N) is 2. The SMILES string of the molecule is CC(=O)Nc1nc2cc(C(N)=O)cc(OCCCN3CCOCC3)c2n1CCCN. The summed E-state index contributed by atoms with van der Waals surface area (Å²) in [6, 6.07) is 3.25. The number of carbonyl (C=O) groups excluding carboxylic acids is 2. The fraction of sp³-hybridized carbons (Fsp3) is 0.550. The molecule has 0 unspecified atom stereocenters. The summed E-state index contributed by atoms with van der Waals surface area (Å²) in [7, 11) is 0. The Morgan fingerprint density at radius 3 is 2.67 bits per heavy atom. The van der Waals surface area contributed by atoms with Crippen LogP contribution in [-0.4, -0.2) is 72.3 Å². The van der Waals surface area contributed by atoms with Crippen LogP contribution in [0.15, 0.2) is 12.1 Å². The molecule has 3 rings (SSSR count). The number of imidazole rings is 1. The first-order valence-electron chi connectivity index (χ1n) is 10.2. The van der Waals surface area contributed by atoms with Crippen molar-refractivity contribution in [3.63, 3.8) is 0 Å². The van der Waals surface area contributed by atoms with Crippen LogP contribution >= 0.6 is 0 Å². The lowest BCUT2D eigenvalue weighted by atomic mass is 10.1. The Bertz CT molecular complexity index is 891. The number of amides is 2. The number of rotatable bonds is 10. The Balaban J connectivity index is 1.85. The number of hydrogen-bond donors (Lipinski definition) is 3. The number of nitrogens with zero attached hydrogens (tertiary/aromatic N) is 3. The number of aryl methyl sites for hydroxylation is 1. The zero-order valence-corrected chi connectivity index (χ0v) is 17.4. The minimum Gasteiger partial charge on any atom is -0.491 e. The summed E-state index contributed by atoms with van der Waals surface area (Å²) in [5.41, 5.74) is 12.7. The highest BCUT2D eigenvalue weighted by Crippen LogP contribution is 2.31. The molecule has 0 aliphatic carbocycles. The predicted molar refractivity (Wildman–Crippen MR) is 114 cm³/mol. The highest BCUT2D eigenvalue weighted by atomic mass is 16.5. The van der Waals surface area contributed by atoms with Crippen molar-refractivity contribution in [2.75, 3.05) is 51.3 Å². The Labute approximate surface area is 175 Å². The van der Waals surface area contributed by atoms with E-state index in [0.717, 1.165) is 39.3 Å². The lowest BCUT2D eigenvalue weighted by molar-refractivity contribution is -0.114. The fourth-order valence-electron chi connectivity index (χ4n) is 3.50. The molecule has 0 bridgehead atoms. The largest absolute Gasteiger partial charge is 0.491 e. The molecule has 2 aromatic rings. The van der Waals surface area contributed by atoms with Crippen molar-refractivity contribution in [2.45, 2.75) is 26.3 Å². The molecule has 2 amide bonds. The maximum atomic E-state index is 11.8. The van der Waals surface area contributed by atoms with Gasteiger partial charge in [-0.2, -0.15) is 0 Å². The third kappa shape index (κ3) is 5.47. The van der Waals surface area contributed by atoms with Gasteiger partial charge >= 0.3 is 0 Å². The second kappa shape index (κ2) is 10.4. The smallest absolute Gasteiger partial charge is 0.248 e. The first-order chi connectivity index (χ1) is 14.5. The van der Waals surface area contributed by atoms with Crippen LogP contribution in [0.1, 0.15) is 30.1 Å². The number of aromatic nitrogens is 2. The average molecular weight is 418 g/mol. The van der Waals surface area contributed by atoms with E-state index < -0.39 is 5.91 Å². The number of hydrogen-bond acceptors (Lipinski definition) is 7. The summed E-state index contributed by atoms with van der Waals surface area (Å²) in [6.45, 7) is 7.22. The van der Waals surface area contributed by atoms with E-state index in [9.17, 15) is 9.59 Å². The minimum absolute atomic E-state index is 0.234. The lowest BCUT2D eigenvalue weighted by Gasteiger charge is -2.26. The van der Waals surface area contributed by atoms with Crippen LogP contribution in [0.3, 0.4) is 0 Å². The van der Waals surface area contributed by atoms with Crippen LogP contribution in [0.4, 0.5) is 5.95 Å². The van der Waals surface area contributed by atoms with E-state index >= 15 is 0 Å². The number of morpholine rings is 1. The molecule has 1 aromatic heterocycles. The molecule has 1 aliphatic rings. The number of carbonyl (C=O) groups is 2. The maximum absolute atomic E-state index is 11.8. The monoisotopic (exact) mass is 418 g/mol. The average Bonchev–Trinajstić information content (AvgIpc) is 3.06. The van der Waals surface area contributed by atoms with Gasteiger partial charge in [-0.25, -0.2) is 4.98 Å². The van der Waals surface area contributed by atoms with Crippen LogP contribution in [0.5, 0.6) is 5.75 Å². The van der Waals surface area contributed by atoms with Crippen molar-refractivity contribution in [1.29, 1.82) is 0 Å². The Morgan fingerprint density at radius 2 is 2.00 bits per heavy atom. The number of ether oxygens (including phenoxy) is 2. The number of nitrogens with one attached hydrogen (secondary N) is 1. The second-order valence-corrected chi connectivity index (χ2v) is 7.27. The highest BCUT2D eigenvalue weighted by molar-refractivity contribution is 5.99. The third-order valence-electron chi connectivity index (χ3n) is 4.94. The van der Waals surface area contributed by atoms with Gasteiger partial charge in [0.05, 0.1) is 25.3 Å². The number of primary amides is 1. The molecule has 1 fully saturated rings. The van der Waals surface area contributed by atoms with Gasteiger partial charge in [-0.1, -0.05) is 0 Å². The molecule has 5 N–H and O–H groups in total. The van der Waals surface area contributed by atoms with Crippen LogP contribution in [0.25, 0.3) is 11.0 Å². The quantitative estimate of drug-likeness (QED) is 0.479. The van der Waals surface area contributed by atoms with Gasteiger partial charge < -0.3 is 25.5 Å². The Morgan fingerprint density at radius 1 is 1.23 bits per heavy atom. The molecule has 30 heavy (non-hydrogen) atoms. The van der Waals surface area contributed by atoms with Gasteiger partial charge in [-0.15, -0.1) is 0 Å². The predicted octanol–water partition coefficient (Wildman–Crippen LogP) is 0.544. The maximum Gasteiger partial charge on any atom is 0.248 e. The third-order valence-corrected chi connectivity index (χ3v) is 4.94. The summed E-state index contributed by atoms with van der Waals surface area (Å²) in [4.78, 5) is 30.3. The van der Waals surface area contributed by atoms with Crippen molar-refractivity contribution >= 4 is 28.8 Å². The molecule has 1 saturated heterocycles. The van der Waals surface area contributed by atoms with E-state index in [-0.39, 0.29) is 5.91 Å². The molecule has 0 spiro atoms. The number of benzene rings is 1. The van der Waals surface area contributed by atoms with Crippen molar-refractivity contribution in [2.24, 2.45) is 11.5 Å². The number of fused-ring (bicyclic) bond motifs is 1. The second-order valence-electron chi connectivity index (χ2n) is 7.27. The van der Waals surface area contributed by atoms with Gasteiger partial charge in [0.1, 0.15) is 11.3 Å². The molecular formula is C20H30N6O4. The van der Waals surface area contributed by atoms with Gasteiger partial charge in [0.15, 0.2) is 0 Å². The van der Waals surface area contributed by atoms with Crippen LogP contribution in [0, 0.1) is 0 Å². The summed E-state index contributed by atoms with van der Waals surface area (Å²) in [6.07, 6.45) is 1.53. The lowest BCUT2D eigenvalue weighted by Crippen LogP contribution is -2.37. The first-order valence-corrected chi connectivity index (χ1v) is 10.2. The number of anilines is 1. The topological polar surface area (TPSA) is 138 Å². The molecule has 10 nitrogen and oxygen atoms in total. The van der Waals surface area contributed by atoms with Gasteiger partial charge in [-0.05, 0) is 31.5 Å². The minimum atomic E-state index is -0.562. The summed E-state index contributed by atoms with van der Waals surface area (Å²) >= 11 is 0. The van der Waals surface area contributed by atoms with E-state index in [1.165, 1.54) is 6.92 Å². The molecule has 0 saturated carbocycles. The molecule has 1 aromatic carbocycles. The van der Waals surface area contributed by atoms with Crippen LogP contribution in [-0.2, 0) is 16.1 Å². The van der Waals surface area contributed by atoms with Crippen molar-refractivity contribution in [3.8, 4) is 5.75 Å². The Kier molecular flexibility index (Phi) is 7.61. The molecule has 10 heteroatoms. The molecular weight excluding hydrogens is 388 g/mol. The van der Waals surface area contributed by atoms with Gasteiger partial charge in [0.2, 0.25) is 17.8 Å². The van der Waals surface area contributed by atoms with Crippen molar-refractivity contribution in [1.82, 2.24) is 14.5 Å². The van der Waals surface area contributed by atoms with Crippen LogP contribution in [0.2, 0.25) is 0 Å². The van der Waals surface area contributed by atoms with E-state index in [4.69, 9.17) is 20.9 Å². The molecule has 164 valence electrons. The zero-order valence-electron chi connectivity index (χ0n) is 17.4. The normalized spacial score (nSPS) is 14.7. The molecule has 0 atom stereocenters.